The van der Waals surface area contributed by atoms with Gasteiger partial charge in [-0.25, -0.2) is 9.18 Å². The minimum atomic E-state index is -1.09. The molecule has 4 aromatic rings. The van der Waals surface area contributed by atoms with Crippen LogP contribution in [-0.4, -0.2) is 39.5 Å². The van der Waals surface area contributed by atoms with Crippen LogP contribution in [0.5, 0.6) is 17.4 Å². The maximum atomic E-state index is 14.1. The molecule has 0 aliphatic carbocycles. The number of thioether (sulfide) groups is 1. The summed E-state index contributed by atoms with van der Waals surface area (Å²) in [5, 5.41) is 21.3. The van der Waals surface area contributed by atoms with E-state index < -0.39 is 18.8 Å². The van der Waals surface area contributed by atoms with Gasteiger partial charge in [0.05, 0.1) is 6.61 Å². The summed E-state index contributed by atoms with van der Waals surface area (Å²) in [6.07, 6.45) is -0.689. The first-order chi connectivity index (χ1) is 18.5. The van der Waals surface area contributed by atoms with Gasteiger partial charge in [-0.05, 0) is 42.8 Å². The Hall–Kier alpha value is -4.38. The summed E-state index contributed by atoms with van der Waals surface area (Å²) < 4.78 is 31.5. The number of aliphatic carboxylic acids is 1. The normalized spacial score (nSPS) is 13.8. The van der Waals surface area contributed by atoms with E-state index in [1.165, 1.54) is 17.8 Å². The van der Waals surface area contributed by atoms with Crippen LogP contribution in [0, 0.1) is 5.82 Å². The van der Waals surface area contributed by atoms with E-state index in [9.17, 15) is 9.18 Å². The number of hydrogen-bond donors (Lipinski definition) is 2. The van der Waals surface area contributed by atoms with Gasteiger partial charge in [0.15, 0.2) is 30.0 Å². The van der Waals surface area contributed by atoms with Gasteiger partial charge in [-0.15, -0.1) is 10.2 Å². The van der Waals surface area contributed by atoms with Crippen molar-refractivity contribution < 1.29 is 28.5 Å². The number of carboxylic acid groups (broad SMARTS) is 1. The van der Waals surface area contributed by atoms with Crippen LogP contribution in [-0.2, 0) is 10.5 Å². The van der Waals surface area contributed by atoms with E-state index >= 15 is 0 Å². The summed E-state index contributed by atoms with van der Waals surface area (Å²) in [7, 11) is 0. The molecule has 2 N–H and O–H groups in total. The maximum Gasteiger partial charge on any atom is 0.341 e. The number of ether oxygens (including phenoxy) is 3. The Morgan fingerprint density at radius 2 is 1.89 bits per heavy atom. The first-order valence-corrected chi connectivity index (χ1v) is 12.7. The van der Waals surface area contributed by atoms with Crippen molar-refractivity contribution in [1.82, 2.24) is 15.2 Å². The summed E-state index contributed by atoms with van der Waals surface area (Å²) in [5.74, 6) is -0.0874. The van der Waals surface area contributed by atoms with Crippen LogP contribution in [0.4, 0.5) is 10.1 Å². The minimum Gasteiger partial charge on any atom is -0.490 e. The zero-order valence-electron chi connectivity index (χ0n) is 20.3. The topological polar surface area (TPSA) is 116 Å². The molecule has 1 aliphatic rings. The van der Waals surface area contributed by atoms with Crippen molar-refractivity contribution in [3.05, 3.63) is 83.7 Å². The van der Waals surface area contributed by atoms with Gasteiger partial charge in [0.25, 0.3) is 0 Å². The van der Waals surface area contributed by atoms with Crippen LogP contribution in [0.3, 0.4) is 0 Å². The molecule has 1 atom stereocenters. The van der Waals surface area contributed by atoms with Gasteiger partial charge in [-0.3, -0.25) is 0 Å². The Balaban J connectivity index is 1.47. The fourth-order valence-electron chi connectivity index (χ4n) is 3.83. The molecule has 38 heavy (non-hydrogen) atoms. The number of nitrogens with one attached hydrogen (secondary N) is 1. The highest BCUT2D eigenvalue weighted by atomic mass is 32.2. The number of para-hydroxylation sites is 1. The third-order valence-electron chi connectivity index (χ3n) is 5.57. The van der Waals surface area contributed by atoms with Gasteiger partial charge < -0.3 is 24.6 Å². The second kappa shape index (κ2) is 11.3. The van der Waals surface area contributed by atoms with Crippen molar-refractivity contribution in [3.63, 3.8) is 0 Å². The highest BCUT2D eigenvalue weighted by Gasteiger charge is 2.27. The van der Waals surface area contributed by atoms with Crippen LogP contribution >= 0.6 is 11.8 Å². The molecule has 0 bridgehead atoms. The second-order valence-corrected chi connectivity index (χ2v) is 9.08. The van der Waals surface area contributed by atoms with Crippen molar-refractivity contribution in [1.29, 1.82) is 0 Å². The van der Waals surface area contributed by atoms with Gasteiger partial charge in [0.2, 0.25) is 11.0 Å². The average molecular weight is 535 g/mol. The number of nitrogens with zero attached hydrogens (tertiary/aromatic N) is 3. The number of fused-ring (bicyclic) bond motifs is 3. The van der Waals surface area contributed by atoms with Crippen molar-refractivity contribution in [2.45, 2.75) is 24.1 Å². The Morgan fingerprint density at radius 1 is 1.08 bits per heavy atom. The largest absolute Gasteiger partial charge is 0.490 e. The minimum absolute atomic E-state index is 0.266. The lowest BCUT2D eigenvalue weighted by atomic mass is 10.1. The van der Waals surface area contributed by atoms with E-state index in [1.807, 2.05) is 31.2 Å². The Morgan fingerprint density at radius 3 is 2.71 bits per heavy atom. The highest BCUT2D eigenvalue weighted by molar-refractivity contribution is 7.98. The van der Waals surface area contributed by atoms with E-state index in [-0.39, 0.29) is 11.7 Å². The number of anilines is 1. The van der Waals surface area contributed by atoms with Gasteiger partial charge in [-0.2, -0.15) is 4.98 Å². The third-order valence-corrected chi connectivity index (χ3v) is 6.46. The van der Waals surface area contributed by atoms with Gasteiger partial charge in [0.1, 0.15) is 5.82 Å². The number of rotatable bonds is 9. The summed E-state index contributed by atoms with van der Waals surface area (Å²) in [4.78, 5) is 15.6. The lowest BCUT2D eigenvalue weighted by Gasteiger charge is -2.21. The summed E-state index contributed by atoms with van der Waals surface area (Å²) in [6.45, 7) is 1.69. The van der Waals surface area contributed by atoms with Crippen LogP contribution in [0.15, 0.2) is 71.9 Å². The zero-order valence-corrected chi connectivity index (χ0v) is 21.1. The maximum absolute atomic E-state index is 14.1. The van der Waals surface area contributed by atoms with Gasteiger partial charge in [0, 0.05) is 22.6 Å². The van der Waals surface area contributed by atoms with Crippen molar-refractivity contribution in [2.24, 2.45) is 0 Å². The number of halogens is 1. The molecule has 1 aromatic heterocycles. The van der Waals surface area contributed by atoms with Gasteiger partial charge >= 0.3 is 5.97 Å². The molecule has 0 saturated carbocycles. The molecule has 5 rings (SSSR count). The highest BCUT2D eigenvalue weighted by Crippen LogP contribution is 2.41. The molecule has 9 nitrogen and oxygen atoms in total. The van der Waals surface area contributed by atoms with Gasteiger partial charge in [-0.1, -0.05) is 48.2 Å². The first-order valence-electron chi connectivity index (χ1n) is 11.8. The summed E-state index contributed by atoms with van der Waals surface area (Å²) in [6, 6.07) is 19.2. The third kappa shape index (κ3) is 5.62. The molecule has 11 heteroatoms. The number of hydrogen-bond acceptors (Lipinski definition) is 9. The molecular weight excluding hydrogens is 511 g/mol. The van der Waals surface area contributed by atoms with Crippen LogP contribution < -0.4 is 19.5 Å². The van der Waals surface area contributed by atoms with E-state index in [2.05, 4.69) is 20.5 Å². The number of carboxylic acids is 1. The predicted molar refractivity (Wildman–Crippen MR) is 139 cm³/mol. The number of carbonyl (C=O) groups is 1. The second-order valence-electron chi connectivity index (χ2n) is 8.14. The molecule has 194 valence electrons. The molecule has 0 radical (unpaired) electrons. The number of aromatic nitrogens is 3. The molecule has 0 fully saturated rings. The molecule has 0 amide bonds. The van der Waals surface area contributed by atoms with E-state index in [1.54, 1.807) is 36.4 Å². The number of benzene rings is 3. The van der Waals surface area contributed by atoms with Crippen molar-refractivity contribution in [3.8, 4) is 28.6 Å². The van der Waals surface area contributed by atoms with E-state index in [4.69, 9.17) is 19.3 Å². The monoisotopic (exact) mass is 534 g/mol. The molecule has 1 aliphatic heterocycles. The summed E-state index contributed by atoms with van der Waals surface area (Å²) >= 11 is 1.25. The molecule has 3 aromatic carbocycles. The van der Waals surface area contributed by atoms with Crippen molar-refractivity contribution in [2.75, 3.05) is 18.5 Å². The molecule has 0 spiro atoms. The quantitative estimate of drug-likeness (QED) is 0.273. The Labute approximate surface area is 222 Å². The van der Waals surface area contributed by atoms with E-state index in [0.29, 0.717) is 45.8 Å². The SMILES string of the molecule is CCOc1cc([C@@H]2Nc3ccccc3-c3nnc(SCc4ccccc4F)nc3O2)ccc1OCC(=O)O. The standard InChI is InChI=1S/C27H23FN4O5S/c1-2-35-22-13-16(11-12-21(22)36-14-23(33)34)25-29-20-10-6-4-8-18(20)24-26(37-25)30-27(32-31-24)38-15-17-7-3-5-9-19(17)28/h3-13,25,29H,2,14-15H2,1H3,(H,33,34)/t25-/m1/s1. The molecule has 2 heterocycles. The van der Waals surface area contributed by atoms with E-state index in [0.717, 1.165) is 11.3 Å². The molecule has 0 saturated heterocycles. The van der Waals surface area contributed by atoms with Crippen LogP contribution in [0.1, 0.15) is 24.3 Å². The van der Waals surface area contributed by atoms with Crippen LogP contribution in [0.2, 0.25) is 0 Å². The molecule has 0 unspecified atom stereocenters. The smallest absolute Gasteiger partial charge is 0.341 e. The molecular formula is C27H23FN4O5S. The fraction of sp³-hybridized carbons (Fsp3) is 0.185. The lowest BCUT2D eigenvalue weighted by Crippen LogP contribution is -2.17. The van der Waals surface area contributed by atoms with Crippen molar-refractivity contribution >= 4 is 23.4 Å². The summed E-state index contributed by atoms with van der Waals surface area (Å²) in [5.41, 5.74) is 3.23. The fourth-order valence-corrected chi connectivity index (χ4v) is 4.60. The first kappa shape index (κ1) is 25.3. The Bertz CT molecular complexity index is 1470. The average Bonchev–Trinajstić information content (AvgIpc) is 3.08. The lowest BCUT2D eigenvalue weighted by molar-refractivity contribution is -0.139. The van der Waals surface area contributed by atoms with Crippen LogP contribution in [0.25, 0.3) is 11.3 Å². The predicted octanol–water partition coefficient (Wildman–Crippen LogP) is 5.34. The zero-order chi connectivity index (χ0) is 26.5. The Kier molecular flexibility index (Phi) is 7.55.